The number of fused-ring (bicyclic) bond motifs is 1. The van der Waals surface area contributed by atoms with Gasteiger partial charge in [-0.15, -0.1) is 0 Å². The molecule has 1 aliphatic carbocycles. The van der Waals surface area contributed by atoms with Gasteiger partial charge in [-0.2, -0.15) is 0 Å². The highest BCUT2D eigenvalue weighted by Gasteiger charge is 2.37. The molecule has 1 fully saturated rings. The van der Waals surface area contributed by atoms with E-state index in [0.717, 1.165) is 18.6 Å². The predicted molar refractivity (Wildman–Crippen MR) is 77.7 cm³/mol. The van der Waals surface area contributed by atoms with E-state index < -0.39 is 0 Å². The Kier molecular flexibility index (Phi) is 4.22. The quantitative estimate of drug-likeness (QED) is 0.793. The third kappa shape index (κ3) is 3.13. The number of hydrogen-bond donors (Lipinski definition) is 0. The minimum Gasteiger partial charge on any atom is -0.392 e. The van der Waals surface area contributed by atoms with Gasteiger partial charge >= 0.3 is 0 Å². The van der Waals surface area contributed by atoms with Gasteiger partial charge in [0.25, 0.3) is 0 Å². The molecular formula is C16H23NO3. The van der Waals surface area contributed by atoms with Gasteiger partial charge in [0.2, 0.25) is 0 Å². The number of allylic oxidation sites excluding steroid dienone is 3. The van der Waals surface area contributed by atoms with Crippen molar-refractivity contribution in [3.63, 3.8) is 0 Å². The lowest BCUT2D eigenvalue weighted by molar-refractivity contribution is -0.0253. The third-order valence-electron chi connectivity index (χ3n) is 4.26. The molecule has 3 aliphatic rings. The van der Waals surface area contributed by atoms with E-state index in [9.17, 15) is 0 Å². The lowest BCUT2D eigenvalue weighted by Gasteiger charge is -2.28. The Hall–Kier alpha value is -1.13. The van der Waals surface area contributed by atoms with E-state index in [2.05, 4.69) is 37.2 Å². The molecule has 2 heterocycles. The number of nitrogens with zero attached hydrogens (tertiary/aromatic N) is 1. The van der Waals surface area contributed by atoms with Crippen molar-refractivity contribution in [2.75, 3.05) is 19.8 Å². The molecule has 0 spiro atoms. The molecule has 20 heavy (non-hydrogen) atoms. The normalized spacial score (nSPS) is 36.1. The van der Waals surface area contributed by atoms with Crippen molar-refractivity contribution in [3.05, 3.63) is 23.8 Å². The number of hydrogen-bond acceptors (Lipinski definition) is 4. The SMILES string of the molecule is CC1C=CC=C(COCC2CC3C(=NOC3C)CO2)C1. The number of oxime groups is 1. The zero-order valence-corrected chi connectivity index (χ0v) is 12.2. The highest BCUT2D eigenvalue weighted by Crippen LogP contribution is 2.28. The Balaban J connectivity index is 1.42. The highest BCUT2D eigenvalue weighted by molar-refractivity contribution is 5.89. The van der Waals surface area contributed by atoms with Crippen LogP contribution in [0.3, 0.4) is 0 Å². The van der Waals surface area contributed by atoms with E-state index >= 15 is 0 Å². The van der Waals surface area contributed by atoms with Gasteiger partial charge in [0, 0.05) is 5.92 Å². The summed E-state index contributed by atoms with van der Waals surface area (Å²) >= 11 is 0. The Labute approximate surface area is 120 Å². The molecule has 2 aliphatic heterocycles. The Bertz CT molecular complexity index is 441. The molecule has 0 saturated carbocycles. The molecule has 1 saturated heterocycles. The van der Waals surface area contributed by atoms with E-state index in [1.165, 1.54) is 5.57 Å². The van der Waals surface area contributed by atoms with Crippen molar-refractivity contribution in [1.29, 1.82) is 0 Å². The average molecular weight is 277 g/mol. The van der Waals surface area contributed by atoms with E-state index in [0.29, 0.717) is 31.7 Å². The molecule has 0 bridgehead atoms. The first-order valence-corrected chi connectivity index (χ1v) is 7.50. The van der Waals surface area contributed by atoms with Crippen LogP contribution in [-0.2, 0) is 14.3 Å². The molecule has 0 aromatic rings. The van der Waals surface area contributed by atoms with Gasteiger partial charge in [-0.1, -0.05) is 30.3 Å². The summed E-state index contributed by atoms with van der Waals surface area (Å²) in [5.41, 5.74) is 2.43. The summed E-state index contributed by atoms with van der Waals surface area (Å²) in [5.74, 6) is 1.04. The van der Waals surface area contributed by atoms with Gasteiger partial charge in [-0.05, 0) is 31.3 Å². The standard InChI is InChI=1S/C16H23NO3/c1-11-4-3-5-13(6-11)8-18-9-14-7-15-12(2)20-17-16(15)10-19-14/h3-5,11-12,14-15H,6-10H2,1-2H3. The molecule has 4 heteroatoms. The maximum absolute atomic E-state index is 5.84. The third-order valence-corrected chi connectivity index (χ3v) is 4.26. The zero-order chi connectivity index (χ0) is 13.9. The number of rotatable bonds is 4. The Morgan fingerprint density at radius 3 is 3.15 bits per heavy atom. The van der Waals surface area contributed by atoms with Gasteiger partial charge in [-0.25, -0.2) is 0 Å². The van der Waals surface area contributed by atoms with Crippen molar-refractivity contribution in [3.8, 4) is 0 Å². The van der Waals surface area contributed by atoms with E-state index in [1.807, 2.05) is 0 Å². The number of ether oxygens (including phenoxy) is 2. The molecule has 4 unspecified atom stereocenters. The summed E-state index contributed by atoms with van der Waals surface area (Å²) in [6, 6.07) is 0. The minimum absolute atomic E-state index is 0.167. The fraction of sp³-hybridized carbons (Fsp3) is 0.688. The Morgan fingerprint density at radius 2 is 2.30 bits per heavy atom. The summed E-state index contributed by atoms with van der Waals surface area (Å²) < 4.78 is 11.6. The molecule has 0 radical (unpaired) electrons. The van der Waals surface area contributed by atoms with Gasteiger partial charge < -0.3 is 14.3 Å². The van der Waals surface area contributed by atoms with Crippen LogP contribution >= 0.6 is 0 Å². The van der Waals surface area contributed by atoms with Crippen LogP contribution in [0.15, 0.2) is 29.0 Å². The smallest absolute Gasteiger partial charge is 0.133 e. The average Bonchev–Trinajstić information content (AvgIpc) is 2.80. The largest absolute Gasteiger partial charge is 0.392 e. The minimum atomic E-state index is 0.167. The first-order chi connectivity index (χ1) is 9.72. The van der Waals surface area contributed by atoms with Crippen LogP contribution in [0.25, 0.3) is 0 Å². The molecule has 110 valence electrons. The van der Waals surface area contributed by atoms with Crippen LogP contribution in [0.4, 0.5) is 0 Å². The van der Waals surface area contributed by atoms with Crippen molar-refractivity contribution in [2.45, 2.75) is 38.9 Å². The van der Waals surface area contributed by atoms with Crippen LogP contribution in [0, 0.1) is 11.8 Å². The summed E-state index contributed by atoms with van der Waals surface area (Å²) in [7, 11) is 0. The van der Waals surface area contributed by atoms with E-state index in [4.69, 9.17) is 14.3 Å². The molecular weight excluding hydrogens is 254 g/mol. The van der Waals surface area contributed by atoms with Crippen LogP contribution in [-0.4, -0.2) is 37.7 Å². The summed E-state index contributed by atoms with van der Waals surface area (Å²) in [5, 5.41) is 4.07. The summed E-state index contributed by atoms with van der Waals surface area (Å²) in [6.45, 7) is 6.27. The van der Waals surface area contributed by atoms with Crippen molar-refractivity contribution in [1.82, 2.24) is 0 Å². The van der Waals surface area contributed by atoms with Crippen molar-refractivity contribution < 1.29 is 14.3 Å². The fourth-order valence-corrected chi connectivity index (χ4v) is 3.05. The lowest BCUT2D eigenvalue weighted by Crippen LogP contribution is -2.38. The Morgan fingerprint density at radius 1 is 1.40 bits per heavy atom. The highest BCUT2D eigenvalue weighted by atomic mass is 16.6. The predicted octanol–water partition coefficient (Wildman–Crippen LogP) is 2.71. The first kappa shape index (κ1) is 13.8. The van der Waals surface area contributed by atoms with Crippen LogP contribution < -0.4 is 0 Å². The van der Waals surface area contributed by atoms with E-state index in [1.54, 1.807) is 0 Å². The van der Waals surface area contributed by atoms with Gasteiger partial charge in [0.15, 0.2) is 0 Å². The molecule has 0 aromatic heterocycles. The van der Waals surface area contributed by atoms with Gasteiger partial charge in [-0.3, -0.25) is 0 Å². The molecule has 4 atom stereocenters. The summed E-state index contributed by atoms with van der Waals surface area (Å²) in [6.07, 6.45) is 8.94. The molecule has 3 rings (SSSR count). The van der Waals surface area contributed by atoms with Gasteiger partial charge in [0.1, 0.15) is 6.10 Å². The maximum Gasteiger partial charge on any atom is 0.133 e. The lowest BCUT2D eigenvalue weighted by atomic mass is 9.90. The molecule has 0 aromatic carbocycles. The fourth-order valence-electron chi connectivity index (χ4n) is 3.05. The zero-order valence-electron chi connectivity index (χ0n) is 12.2. The first-order valence-electron chi connectivity index (χ1n) is 7.50. The van der Waals surface area contributed by atoms with Crippen LogP contribution in [0.1, 0.15) is 26.7 Å². The second kappa shape index (κ2) is 6.10. The van der Waals surface area contributed by atoms with Crippen LogP contribution in [0.2, 0.25) is 0 Å². The monoisotopic (exact) mass is 277 g/mol. The maximum atomic E-state index is 5.84. The van der Waals surface area contributed by atoms with Crippen molar-refractivity contribution >= 4 is 5.71 Å². The molecule has 0 amide bonds. The second-order valence-electron chi connectivity index (χ2n) is 6.07. The van der Waals surface area contributed by atoms with Gasteiger partial charge in [0.05, 0.1) is 31.6 Å². The molecule has 4 nitrogen and oxygen atoms in total. The molecule has 0 N–H and O–H groups in total. The topological polar surface area (TPSA) is 40.0 Å². The summed E-state index contributed by atoms with van der Waals surface area (Å²) in [4.78, 5) is 5.31. The van der Waals surface area contributed by atoms with E-state index in [-0.39, 0.29) is 12.2 Å². The van der Waals surface area contributed by atoms with Crippen molar-refractivity contribution in [2.24, 2.45) is 17.0 Å². The second-order valence-corrected chi connectivity index (χ2v) is 6.07. The van der Waals surface area contributed by atoms with Crippen LogP contribution in [0.5, 0.6) is 0 Å².